The van der Waals surface area contributed by atoms with Crippen molar-refractivity contribution in [2.45, 2.75) is 26.3 Å². The van der Waals surface area contributed by atoms with Gasteiger partial charge in [0, 0.05) is 6.42 Å². The van der Waals surface area contributed by atoms with E-state index in [1.807, 2.05) is 37.3 Å². The highest BCUT2D eigenvalue weighted by Gasteiger charge is 2.18. The number of halogens is 1. The summed E-state index contributed by atoms with van der Waals surface area (Å²) in [5.41, 5.74) is 3.42. The normalized spacial score (nSPS) is 11.0. The van der Waals surface area contributed by atoms with Crippen LogP contribution in [0.5, 0.6) is 0 Å². The fourth-order valence-corrected chi connectivity index (χ4v) is 4.01. The second-order valence-electron chi connectivity index (χ2n) is 6.77. The molecule has 146 valence electrons. The third-order valence-corrected chi connectivity index (χ3v) is 5.77. The monoisotopic (exact) mass is 406 g/mol. The van der Waals surface area contributed by atoms with E-state index in [0.717, 1.165) is 16.8 Å². The number of aryl methyl sites for hydroxylation is 2. The predicted octanol–water partition coefficient (Wildman–Crippen LogP) is 4.71. The number of ketones is 1. The minimum absolute atomic E-state index is 0.0915. The highest BCUT2D eigenvalue weighted by molar-refractivity contribution is 7.17. The molecule has 4 aromatic rings. The Bertz CT molecular complexity index is 1120. The standard InChI is InChI=1S/C22H19FN4OS/c1-15-21(20(28)12-9-16-5-3-2-4-6-16)29-22(24-15)19-14-27(26-25-19)13-17-7-10-18(23)11-8-17/h2-8,10-11,14H,9,12-13H2,1H3. The van der Waals surface area contributed by atoms with Crippen LogP contribution >= 0.6 is 11.3 Å². The highest BCUT2D eigenvalue weighted by Crippen LogP contribution is 2.27. The molecule has 2 aromatic carbocycles. The van der Waals surface area contributed by atoms with Crippen LogP contribution in [-0.2, 0) is 13.0 Å². The summed E-state index contributed by atoms with van der Waals surface area (Å²) in [6, 6.07) is 16.2. The average molecular weight is 406 g/mol. The third-order valence-electron chi connectivity index (χ3n) is 4.55. The van der Waals surface area contributed by atoms with Gasteiger partial charge < -0.3 is 0 Å². The summed E-state index contributed by atoms with van der Waals surface area (Å²) in [4.78, 5) is 17.8. The van der Waals surface area contributed by atoms with Crippen molar-refractivity contribution in [3.63, 3.8) is 0 Å². The molecule has 0 aliphatic carbocycles. The van der Waals surface area contributed by atoms with Crippen LogP contribution in [-0.4, -0.2) is 25.8 Å². The molecule has 0 atom stereocenters. The van der Waals surface area contributed by atoms with Crippen molar-refractivity contribution in [3.8, 4) is 10.7 Å². The smallest absolute Gasteiger partial charge is 0.175 e. The maximum Gasteiger partial charge on any atom is 0.175 e. The number of aromatic nitrogens is 4. The molecule has 0 aliphatic heterocycles. The van der Waals surface area contributed by atoms with Gasteiger partial charge in [-0.1, -0.05) is 47.7 Å². The second-order valence-corrected chi connectivity index (χ2v) is 7.77. The summed E-state index contributed by atoms with van der Waals surface area (Å²) in [6.45, 7) is 2.33. The van der Waals surface area contributed by atoms with Crippen LogP contribution < -0.4 is 0 Å². The number of thiazole rings is 1. The highest BCUT2D eigenvalue weighted by atomic mass is 32.1. The van der Waals surface area contributed by atoms with E-state index < -0.39 is 0 Å². The molecule has 0 N–H and O–H groups in total. The molecular weight excluding hydrogens is 387 g/mol. The topological polar surface area (TPSA) is 60.7 Å². The lowest BCUT2D eigenvalue weighted by atomic mass is 10.1. The van der Waals surface area contributed by atoms with Gasteiger partial charge in [-0.2, -0.15) is 0 Å². The number of carbonyl (C=O) groups excluding carboxylic acids is 1. The molecule has 0 fully saturated rings. The Labute approximate surface area is 171 Å². The van der Waals surface area contributed by atoms with Crippen LogP contribution in [0.25, 0.3) is 10.7 Å². The van der Waals surface area contributed by atoms with Crippen molar-refractivity contribution in [1.29, 1.82) is 0 Å². The zero-order valence-corrected chi connectivity index (χ0v) is 16.7. The third kappa shape index (κ3) is 4.63. The van der Waals surface area contributed by atoms with Gasteiger partial charge in [0.1, 0.15) is 16.5 Å². The van der Waals surface area contributed by atoms with Crippen molar-refractivity contribution >= 4 is 17.1 Å². The first-order valence-corrected chi connectivity index (χ1v) is 10.1. The molecule has 0 spiro atoms. The Hall–Kier alpha value is -3.19. The Morgan fingerprint density at radius 1 is 1.07 bits per heavy atom. The van der Waals surface area contributed by atoms with Crippen molar-refractivity contribution < 1.29 is 9.18 Å². The van der Waals surface area contributed by atoms with Crippen LogP contribution in [0.1, 0.15) is 32.9 Å². The maximum atomic E-state index is 13.0. The summed E-state index contributed by atoms with van der Waals surface area (Å²) in [7, 11) is 0. The Kier molecular flexibility index (Phi) is 5.57. The fraction of sp³-hybridized carbons (Fsp3) is 0.182. The summed E-state index contributed by atoms with van der Waals surface area (Å²) in [5, 5.41) is 8.98. The number of hydrogen-bond acceptors (Lipinski definition) is 5. The van der Waals surface area contributed by atoms with Gasteiger partial charge in [-0.15, -0.1) is 16.4 Å². The van der Waals surface area contributed by atoms with E-state index in [2.05, 4.69) is 15.3 Å². The lowest BCUT2D eigenvalue weighted by Crippen LogP contribution is -2.00. The molecule has 29 heavy (non-hydrogen) atoms. The van der Waals surface area contributed by atoms with Crippen LogP contribution in [0, 0.1) is 12.7 Å². The summed E-state index contributed by atoms with van der Waals surface area (Å²) >= 11 is 1.35. The SMILES string of the molecule is Cc1nc(-c2cn(Cc3ccc(F)cc3)nn2)sc1C(=O)CCc1ccccc1. The molecule has 0 aliphatic rings. The fourth-order valence-electron chi connectivity index (χ4n) is 3.03. The first-order valence-electron chi connectivity index (χ1n) is 9.28. The molecule has 0 saturated heterocycles. The molecule has 0 amide bonds. The molecule has 4 rings (SSSR count). The molecule has 2 heterocycles. The van der Waals surface area contributed by atoms with Gasteiger partial charge in [-0.3, -0.25) is 4.79 Å². The van der Waals surface area contributed by atoms with Gasteiger partial charge in [0.25, 0.3) is 0 Å². The number of hydrogen-bond donors (Lipinski definition) is 0. The Morgan fingerprint density at radius 2 is 1.83 bits per heavy atom. The maximum absolute atomic E-state index is 13.0. The largest absolute Gasteiger partial charge is 0.293 e. The van der Waals surface area contributed by atoms with Gasteiger partial charge in [-0.25, -0.2) is 14.1 Å². The van der Waals surface area contributed by atoms with Gasteiger partial charge in [0.05, 0.1) is 23.3 Å². The van der Waals surface area contributed by atoms with Crippen LogP contribution in [0.2, 0.25) is 0 Å². The van der Waals surface area contributed by atoms with Gasteiger partial charge in [0.15, 0.2) is 5.78 Å². The van der Waals surface area contributed by atoms with Crippen molar-refractivity contribution in [3.05, 3.63) is 88.3 Å². The molecule has 7 heteroatoms. The van der Waals surface area contributed by atoms with Crippen molar-refractivity contribution in [2.24, 2.45) is 0 Å². The van der Waals surface area contributed by atoms with Gasteiger partial charge >= 0.3 is 0 Å². The minimum Gasteiger partial charge on any atom is -0.293 e. The average Bonchev–Trinajstić information content (AvgIpc) is 3.35. The Morgan fingerprint density at radius 3 is 2.59 bits per heavy atom. The molecule has 0 bridgehead atoms. The van der Waals surface area contributed by atoms with E-state index in [-0.39, 0.29) is 11.6 Å². The van der Waals surface area contributed by atoms with Gasteiger partial charge in [0.2, 0.25) is 0 Å². The van der Waals surface area contributed by atoms with Crippen molar-refractivity contribution in [1.82, 2.24) is 20.0 Å². The van der Waals surface area contributed by atoms with Crippen LogP contribution in [0.15, 0.2) is 60.8 Å². The van der Waals surface area contributed by atoms with Crippen LogP contribution in [0.3, 0.4) is 0 Å². The second kappa shape index (κ2) is 8.45. The zero-order chi connectivity index (χ0) is 20.2. The van der Waals surface area contributed by atoms with E-state index in [9.17, 15) is 9.18 Å². The predicted molar refractivity (Wildman–Crippen MR) is 110 cm³/mol. The lowest BCUT2D eigenvalue weighted by Gasteiger charge is -2.00. The molecule has 0 saturated carbocycles. The van der Waals surface area contributed by atoms with E-state index in [1.54, 1.807) is 23.0 Å². The molecule has 5 nitrogen and oxygen atoms in total. The summed E-state index contributed by atoms with van der Waals surface area (Å²) < 4.78 is 14.7. The number of Topliss-reactive ketones (excluding diaryl/α,β-unsaturated/α-hetero) is 1. The minimum atomic E-state index is -0.268. The number of rotatable bonds is 7. The zero-order valence-electron chi connectivity index (χ0n) is 15.9. The summed E-state index contributed by atoms with van der Waals surface area (Å²) in [5.74, 6) is -0.176. The van der Waals surface area contributed by atoms with Gasteiger partial charge in [-0.05, 0) is 36.6 Å². The Balaban J connectivity index is 1.45. The molecular formula is C22H19FN4OS. The van der Waals surface area contributed by atoms with E-state index >= 15 is 0 Å². The van der Waals surface area contributed by atoms with Crippen molar-refractivity contribution in [2.75, 3.05) is 0 Å². The first kappa shape index (κ1) is 19.1. The summed E-state index contributed by atoms with van der Waals surface area (Å²) in [6.07, 6.45) is 2.95. The van der Waals surface area contributed by atoms with E-state index in [1.165, 1.54) is 23.5 Å². The number of benzene rings is 2. The molecule has 2 aromatic heterocycles. The quantitative estimate of drug-likeness (QED) is 0.417. The lowest BCUT2D eigenvalue weighted by molar-refractivity contribution is 0.0986. The van der Waals surface area contributed by atoms with Crippen LogP contribution in [0.4, 0.5) is 4.39 Å². The number of nitrogens with zero attached hydrogens (tertiary/aromatic N) is 4. The first-order chi connectivity index (χ1) is 14.1. The molecule has 0 unspecified atom stereocenters. The van der Waals surface area contributed by atoms with E-state index in [4.69, 9.17) is 0 Å². The number of carbonyl (C=O) groups is 1. The molecule has 0 radical (unpaired) electrons. The van der Waals surface area contributed by atoms with E-state index in [0.29, 0.717) is 35.0 Å².